The predicted molar refractivity (Wildman–Crippen MR) is 234 cm³/mol. The first-order chi connectivity index (χ1) is 30.9. The van der Waals surface area contributed by atoms with E-state index in [1.807, 2.05) is 23.1 Å². The molecular weight excluding hydrogens is 821 g/mol. The zero-order valence-electron chi connectivity index (χ0n) is 36.4. The number of nitrogens with zero attached hydrogens (tertiary/aromatic N) is 9. The van der Waals surface area contributed by atoms with Crippen LogP contribution >= 0.6 is 0 Å². The molecule has 6 N–H and O–H groups in total. The molecule has 0 bridgehead atoms. The van der Waals surface area contributed by atoms with Crippen LogP contribution in [-0.2, 0) is 42.7 Å². The molecule has 0 radical (unpaired) electrons. The van der Waals surface area contributed by atoms with E-state index in [9.17, 15) is 4.79 Å². The molecule has 1 saturated heterocycles. The van der Waals surface area contributed by atoms with Gasteiger partial charge in [-0.15, -0.1) is 0 Å². The number of methoxy groups -OCH3 is 1. The van der Waals surface area contributed by atoms with E-state index in [2.05, 4.69) is 36.7 Å². The minimum absolute atomic E-state index is 0.0626. The van der Waals surface area contributed by atoms with Crippen LogP contribution in [0.3, 0.4) is 0 Å². The Kier molecular flexibility index (Phi) is 21.6. The summed E-state index contributed by atoms with van der Waals surface area (Å²) in [6.45, 7) is 13.5. The molecule has 346 valence electrons. The highest BCUT2D eigenvalue weighted by molar-refractivity contribution is 6.00. The third-order valence-electron chi connectivity index (χ3n) is 9.35. The van der Waals surface area contributed by atoms with E-state index in [0.717, 1.165) is 18.6 Å². The summed E-state index contributed by atoms with van der Waals surface area (Å²) in [7, 11) is 1.63. The summed E-state index contributed by atoms with van der Waals surface area (Å²) in [5.74, 6) is 1.57. The lowest BCUT2D eigenvalue weighted by molar-refractivity contribution is -0.132. The molecule has 1 aromatic carbocycles. The Morgan fingerprint density at radius 1 is 0.698 bits per heavy atom. The highest BCUT2D eigenvalue weighted by Gasteiger charge is 2.24. The normalized spacial score (nSPS) is 12.9. The fourth-order valence-electron chi connectivity index (χ4n) is 6.23. The van der Waals surface area contributed by atoms with Gasteiger partial charge in [0.2, 0.25) is 5.91 Å². The van der Waals surface area contributed by atoms with Gasteiger partial charge in [-0.25, -0.2) is 19.9 Å². The number of piperazine rings is 1. The number of carbonyl (C=O) groups excluding carboxylic acids is 1. The van der Waals surface area contributed by atoms with Crippen molar-refractivity contribution in [2.45, 2.75) is 19.8 Å². The minimum Gasteiger partial charge on any atom is -0.424 e. The van der Waals surface area contributed by atoms with Crippen LogP contribution in [0.1, 0.15) is 19.8 Å². The SMILES string of the molecule is CCCOCCOCCOCCOCCOCCN.COCCOCCOCCC(=O)N1CCN(c2cc(-n3nc(-c4ccc5oc(N)nc5c4)c4c(N)ncnc43)ncn2)CC1. The molecule has 1 amide bonds. The van der Waals surface area contributed by atoms with Gasteiger partial charge < -0.3 is 69.3 Å². The average Bonchev–Trinajstić information content (AvgIpc) is 3.89. The molecule has 1 aliphatic rings. The maximum Gasteiger partial charge on any atom is 0.292 e. The van der Waals surface area contributed by atoms with Gasteiger partial charge >= 0.3 is 0 Å². The van der Waals surface area contributed by atoms with Crippen LogP contribution in [0.5, 0.6) is 0 Å². The number of fused-ring (bicyclic) bond motifs is 2. The molecule has 0 aliphatic carbocycles. The molecule has 5 aromatic rings. The van der Waals surface area contributed by atoms with Crippen molar-refractivity contribution in [1.29, 1.82) is 0 Å². The van der Waals surface area contributed by atoms with Gasteiger partial charge in [0.25, 0.3) is 6.01 Å². The topological polar surface area (TPSA) is 271 Å². The van der Waals surface area contributed by atoms with E-state index in [-0.39, 0.29) is 17.7 Å². The van der Waals surface area contributed by atoms with Crippen molar-refractivity contribution >= 4 is 45.7 Å². The second-order valence-electron chi connectivity index (χ2n) is 13.9. The van der Waals surface area contributed by atoms with Crippen molar-refractivity contribution < 1.29 is 47.1 Å². The minimum atomic E-state index is 0.0626. The summed E-state index contributed by atoms with van der Waals surface area (Å²) in [6, 6.07) is 7.38. The van der Waals surface area contributed by atoms with Gasteiger partial charge in [0.05, 0.1) is 104 Å². The van der Waals surface area contributed by atoms with E-state index in [1.54, 1.807) is 17.9 Å². The maximum absolute atomic E-state index is 12.7. The lowest BCUT2D eigenvalue weighted by atomic mass is 10.1. The molecule has 1 aliphatic heterocycles. The number of oxazole rings is 1. The van der Waals surface area contributed by atoms with Gasteiger partial charge in [-0.2, -0.15) is 14.8 Å². The number of anilines is 3. The Labute approximate surface area is 366 Å². The van der Waals surface area contributed by atoms with E-state index >= 15 is 0 Å². The van der Waals surface area contributed by atoms with Crippen molar-refractivity contribution in [2.24, 2.45) is 5.73 Å². The van der Waals surface area contributed by atoms with Crippen LogP contribution < -0.4 is 22.1 Å². The molecule has 22 nitrogen and oxygen atoms in total. The Balaban J connectivity index is 0.000000334. The molecule has 0 spiro atoms. The Morgan fingerprint density at radius 2 is 1.29 bits per heavy atom. The molecule has 63 heavy (non-hydrogen) atoms. The first-order valence-electron chi connectivity index (χ1n) is 21.2. The standard InChI is InChI=1S/C28H33N11O5.C13H29NO5/c1-41-10-11-43-13-12-42-9-4-23(40)38-7-5-37(6-8-38)21-15-22(32-16-31-21)39-27-24(26(29)33-17-34-27)25(36-39)18-2-3-20-19(14-18)35-28(30)44-20;1-2-4-15-6-8-17-10-12-19-13-11-18-9-7-16-5-3-14/h2-3,14-17H,4-13H2,1H3,(H2,30,35)(H2,29,33,34);2-14H2,1H3. The van der Waals surface area contributed by atoms with Crippen molar-refractivity contribution in [3.05, 3.63) is 36.9 Å². The van der Waals surface area contributed by atoms with Crippen LogP contribution in [0.15, 0.2) is 41.3 Å². The summed E-state index contributed by atoms with van der Waals surface area (Å²) < 4.78 is 49.3. The highest BCUT2D eigenvalue weighted by Crippen LogP contribution is 2.33. The fraction of sp³-hybridized carbons (Fsp3) is 0.585. The number of amides is 1. The molecule has 6 rings (SSSR count). The third-order valence-corrected chi connectivity index (χ3v) is 9.35. The van der Waals surface area contributed by atoms with Crippen molar-refractivity contribution in [3.63, 3.8) is 0 Å². The molecule has 0 saturated carbocycles. The summed E-state index contributed by atoms with van der Waals surface area (Å²) in [4.78, 5) is 38.5. The molecule has 1 fully saturated rings. The van der Waals surface area contributed by atoms with Crippen LogP contribution in [0, 0.1) is 0 Å². The van der Waals surface area contributed by atoms with E-state index in [0.29, 0.717) is 171 Å². The van der Waals surface area contributed by atoms with Crippen LogP contribution in [0.4, 0.5) is 17.7 Å². The molecule has 4 aromatic heterocycles. The summed E-state index contributed by atoms with van der Waals surface area (Å²) in [5, 5.41) is 5.43. The van der Waals surface area contributed by atoms with Crippen molar-refractivity contribution in [3.8, 4) is 17.1 Å². The van der Waals surface area contributed by atoms with Gasteiger partial charge in [0.15, 0.2) is 17.0 Å². The second-order valence-corrected chi connectivity index (χ2v) is 13.9. The zero-order chi connectivity index (χ0) is 44.5. The quantitative estimate of drug-likeness (QED) is 0.0604. The first-order valence-corrected chi connectivity index (χ1v) is 21.2. The number of aromatic nitrogens is 7. The number of carbonyl (C=O) groups is 1. The predicted octanol–water partition coefficient (Wildman–Crippen LogP) is 1.73. The van der Waals surface area contributed by atoms with Gasteiger partial charge in [0, 0.05) is 58.1 Å². The van der Waals surface area contributed by atoms with Crippen LogP contribution in [-0.4, -0.2) is 184 Å². The Bertz CT molecular complexity index is 2050. The van der Waals surface area contributed by atoms with Gasteiger partial charge in [-0.1, -0.05) is 6.92 Å². The largest absolute Gasteiger partial charge is 0.424 e. The summed E-state index contributed by atoms with van der Waals surface area (Å²) in [5.41, 5.74) is 20.3. The number of hydrogen-bond acceptors (Lipinski definition) is 20. The van der Waals surface area contributed by atoms with Crippen molar-refractivity contribution in [1.82, 2.24) is 39.6 Å². The van der Waals surface area contributed by atoms with Gasteiger partial charge in [-0.05, 0) is 24.6 Å². The number of benzene rings is 1. The van der Waals surface area contributed by atoms with E-state index in [4.69, 9.17) is 64.6 Å². The highest BCUT2D eigenvalue weighted by atomic mass is 16.6. The Hall–Kier alpha value is -5.17. The number of ether oxygens (including phenoxy) is 8. The van der Waals surface area contributed by atoms with Gasteiger partial charge in [0.1, 0.15) is 35.5 Å². The lowest BCUT2D eigenvalue weighted by Gasteiger charge is -2.35. The number of nitrogen functional groups attached to an aromatic ring is 2. The molecule has 22 heteroatoms. The molecular formula is C41H62N12O10. The average molecular weight is 883 g/mol. The van der Waals surface area contributed by atoms with E-state index in [1.165, 1.54) is 12.7 Å². The van der Waals surface area contributed by atoms with Crippen molar-refractivity contribution in [2.75, 3.05) is 155 Å². The summed E-state index contributed by atoms with van der Waals surface area (Å²) in [6.07, 6.45) is 4.24. The van der Waals surface area contributed by atoms with Gasteiger partial charge in [-0.3, -0.25) is 4.79 Å². The first kappa shape index (κ1) is 48.9. The smallest absolute Gasteiger partial charge is 0.292 e. The zero-order valence-corrected chi connectivity index (χ0v) is 36.4. The molecule has 0 unspecified atom stereocenters. The van der Waals surface area contributed by atoms with E-state index < -0.39 is 0 Å². The molecule has 5 heterocycles. The second kappa shape index (κ2) is 27.8. The van der Waals surface area contributed by atoms with Crippen LogP contribution in [0.2, 0.25) is 0 Å². The monoisotopic (exact) mass is 882 g/mol. The number of nitrogens with two attached hydrogens (primary N) is 3. The number of hydrogen-bond donors (Lipinski definition) is 3. The fourth-order valence-corrected chi connectivity index (χ4v) is 6.23. The molecule has 0 atom stereocenters. The van der Waals surface area contributed by atoms with Crippen LogP contribution in [0.25, 0.3) is 39.2 Å². The Morgan fingerprint density at radius 3 is 1.92 bits per heavy atom. The summed E-state index contributed by atoms with van der Waals surface area (Å²) >= 11 is 0. The maximum atomic E-state index is 12.7. The number of rotatable bonds is 28. The lowest BCUT2D eigenvalue weighted by Crippen LogP contribution is -2.49. The third kappa shape index (κ3) is 15.8.